The van der Waals surface area contributed by atoms with E-state index in [-0.39, 0.29) is 5.78 Å². The average Bonchev–Trinajstić information content (AvgIpc) is 3.30. The van der Waals surface area contributed by atoms with Gasteiger partial charge in [0.25, 0.3) is 0 Å². The maximum Gasteiger partial charge on any atom is 0.328 e. The number of hydrogen-bond acceptors (Lipinski definition) is 4. The number of aliphatic carboxylic acids is 2. The van der Waals surface area contributed by atoms with Gasteiger partial charge in [-0.3, -0.25) is 4.79 Å². The monoisotopic (exact) mass is 409 g/mol. The molecule has 0 saturated carbocycles. The van der Waals surface area contributed by atoms with E-state index in [2.05, 4.69) is 32.7 Å². The molecule has 0 saturated heterocycles. The third-order valence-corrected chi connectivity index (χ3v) is 5.02. The number of aromatic nitrogens is 3. The average molecular weight is 409 g/mol. The lowest BCUT2D eigenvalue weighted by molar-refractivity contribution is -0.134. The third-order valence-electron chi connectivity index (χ3n) is 5.02. The fraction of sp³-hybridized carbons (Fsp3) is 0.273. The number of carboxylic acids is 2. The number of benzene rings is 1. The highest BCUT2D eigenvalue weighted by Crippen LogP contribution is 2.30. The Labute approximate surface area is 172 Å². The standard InChI is InChI=1S/C18H19N3O.C4H4O4/c1-12-16(20-11-19-12)7-8-17(22)15-10-21-9-3-5-13-4-2-6-14(15)18(13)21;5-3(6)1-2-4(7)8/h2,4,6,10-11H,3,5,7-9H2,1H3,(H,19,20);1-2H,(H,5,6)(H,7,8). The number of para-hydroxylation sites is 1. The topological polar surface area (TPSA) is 125 Å². The molecule has 2 aromatic heterocycles. The van der Waals surface area contributed by atoms with Crippen molar-refractivity contribution in [2.75, 3.05) is 0 Å². The van der Waals surface area contributed by atoms with Crippen LogP contribution in [0.3, 0.4) is 0 Å². The van der Waals surface area contributed by atoms with E-state index in [1.54, 1.807) is 6.33 Å². The van der Waals surface area contributed by atoms with Crippen LogP contribution in [0.4, 0.5) is 0 Å². The van der Waals surface area contributed by atoms with Crippen molar-refractivity contribution < 1.29 is 24.6 Å². The molecule has 0 fully saturated rings. The van der Waals surface area contributed by atoms with Gasteiger partial charge in [0.05, 0.1) is 17.5 Å². The first-order valence-electron chi connectivity index (χ1n) is 9.63. The van der Waals surface area contributed by atoms with Crippen LogP contribution >= 0.6 is 0 Å². The number of aryl methyl sites for hydroxylation is 4. The third kappa shape index (κ3) is 4.83. The van der Waals surface area contributed by atoms with E-state index >= 15 is 0 Å². The largest absolute Gasteiger partial charge is 0.478 e. The van der Waals surface area contributed by atoms with Crippen LogP contribution < -0.4 is 0 Å². The predicted molar refractivity (Wildman–Crippen MR) is 111 cm³/mol. The molecule has 3 N–H and O–H groups in total. The summed E-state index contributed by atoms with van der Waals surface area (Å²) in [6, 6.07) is 6.33. The molecule has 8 nitrogen and oxygen atoms in total. The van der Waals surface area contributed by atoms with E-state index in [1.807, 2.05) is 13.1 Å². The van der Waals surface area contributed by atoms with Crippen LogP contribution in [0, 0.1) is 6.92 Å². The van der Waals surface area contributed by atoms with Crippen LogP contribution in [0.15, 0.2) is 42.9 Å². The number of nitrogens with one attached hydrogen (secondary N) is 1. The molecule has 3 aromatic rings. The minimum absolute atomic E-state index is 0.213. The number of carboxylic acid groups (broad SMARTS) is 2. The highest BCUT2D eigenvalue weighted by Gasteiger charge is 2.19. The Hall–Kier alpha value is -3.68. The van der Waals surface area contributed by atoms with Crippen molar-refractivity contribution in [3.05, 3.63) is 65.4 Å². The van der Waals surface area contributed by atoms with Crippen LogP contribution in [-0.4, -0.2) is 42.5 Å². The molecule has 3 heterocycles. The molecule has 0 amide bonds. The zero-order valence-electron chi connectivity index (χ0n) is 16.6. The maximum atomic E-state index is 12.7. The second-order valence-corrected chi connectivity index (χ2v) is 7.06. The van der Waals surface area contributed by atoms with Crippen LogP contribution in [0.5, 0.6) is 0 Å². The van der Waals surface area contributed by atoms with Gasteiger partial charge >= 0.3 is 11.9 Å². The highest BCUT2D eigenvalue weighted by atomic mass is 16.4. The number of carbonyl (C=O) groups is 3. The molecule has 0 atom stereocenters. The SMILES string of the molecule is Cc1[nH]cnc1CCC(=O)c1cn2c3c(cccc13)CCC2.O=C(O)C=CC(=O)O. The van der Waals surface area contributed by atoms with Gasteiger partial charge in [0.2, 0.25) is 0 Å². The van der Waals surface area contributed by atoms with Gasteiger partial charge in [-0.05, 0) is 31.7 Å². The van der Waals surface area contributed by atoms with Gasteiger partial charge in [-0.1, -0.05) is 18.2 Å². The van der Waals surface area contributed by atoms with Crippen molar-refractivity contribution in [2.24, 2.45) is 0 Å². The normalized spacial score (nSPS) is 12.6. The minimum atomic E-state index is -1.26. The van der Waals surface area contributed by atoms with Gasteiger partial charge in [0.15, 0.2) is 5.78 Å². The van der Waals surface area contributed by atoms with E-state index in [0.29, 0.717) is 25.0 Å². The van der Waals surface area contributed by atoms with Crippen molar-refractivity contribution in [1.82, 2.24) is 14.5 Å². The maximum absolute atomic E-state index is 12.7. The second-order valence-electron chi connectivity index (χ2n) is 7.06. The number of rotatable bonds is 6. The van der Waals surface area contributed by atoms with Gasteiger partial charge < -0.3 is 19.8 Å². The number of H-pyrrole nitrogens is 1. The van der Waals surface area contributed by atoms with E-state index in [1.165, 1.54) is 11.1 Å². The molecule has 0 unspecified atom stereocenters. The van der Waals surface area contributed by atoms with Crippen LogP contribution in [-0.2, 0) is 29.0 Å². The number of Topliss-reactive ketones (excluding diaryl/α,β-unsaturated/α-hetero) is 1. The Morgan fingerprint density at radius 3 is 2.57 bits per heavy atom. The lowest BCUT2D eigenvalue weighted by Crippen LogP contribution is -2.05. The fourth-order valence-electron chi connectivity index (χ4n) is 3.63. The van der Waals surface area contributed by atoms with E-state index < -0.39 is 11.9 Å². The molecule has 0 spiro atoms. The summed E-state index contributed by atoms with van der Waals surface area (Å²) >= 11 is 0. The van der Waals surface area contributed by atoms with E-state index in [0.717, 1.165) is 41.7 Å². The number of carbonyl (C=O) groups excluding carboxylic acids is 1. The molecule has 0 bridgehead atoms. The van der Waals surface area contributed by atoms with Crippen molar-refractivity contribution in [3.63, 3.8) is 0 Å². The lowest BCUT2D eigenvalue weighted by atomic mass is 10.00. The van der Waals surface area contributed by atoms with Gasteiger partial charge in [-0.15, -0.1) is 0 Å². The molecule has 1 aromatic carbocycles. The first-order chi connectivity index (χ1) is 14.4. The second kappa shape index (κ2) is 9.21. The van der Waals surface area contributed by atoms with Gasteiger partial charge in [0, 0.05) is 48.0 Å². The number of hydrogen-bond donors (Lipinski definition) is 3. The van der Waals surface area contributed by atoms with Crippen LogP contribution in [0.25, 0.3) is 10.9 Å². The lowest BCUT2D eigenvalue weighted by Gasteiger charge is -2.14. The summed E-state index contributed by atoms with van der Waals surface area (Å²) in [5, 5.41) is 16.7. The number of nitrogens with zero attached hydrogens (tertiary/aromatic N) is 2. The van der Waals surface area contributed by atoms with Crippen molar-refractivity contribution in [3.8, 4) is 0 Å². The zero-order chi connectivity index (χ0) is 21.7. The molecule has 1 aliphatic rings. The summed E-state index contributed by atoms with van der Waals surface area (Å²) in [6.45, 7) is 3.01. The zero-order valence-corrected chi connectivity index (χ0v) is 16.6. The van der Waals surface area contributed by atoms with Gasteiger partial charge in [-0.2, -0.15) is 0 Å². The quantitative estimate of drug-likeness (QED) is 0.424. The fourth-order valence-corrected chi connectivity index (χ4v) is 3.63. The summed E-state index contributed by atoms with van der Waals surface area (Å²) in [4.78, 5) is 39.1. The summed E-state index contributed by atoms with van der Waals surface area (Å²) in [5.74, 6) is -2.30. The van der Waals surface area contributed by atoms with E-state index in [4.69, 9.17) is 10.2 Å². The van der Waals surface area contributed by atoms with Crippen molar-refractivity contribution in [1.29, 1.82) is 0 Å². The first-order valence-corrected chi connectivity index (χ1v) is 9.63. The Bertz CT molecular complexity index is 1110. The first kappa shape index (κ1) is 21.0. The molecule has 0 radical (unpaired) electrons. The molecule has 1 aliphatic heterocycles. The highest BCUT2D eigenvalue weighted by molar-refractivity contribution is 6.08. The smallest absolute Gasteiger partial charge is 0.328 e. The molecule has 8 heteroatoms. The van der Waals surface area contributed by atoms with E-state index in [9.17, 15) is 14.4 Å². The molecule has 4 rings (SSSR count). The van der Waals surface area contributed by atoms with Crippen molar-refractivity contribution >= 4 is 28.6 Å². The summed E-state index contributed by atoms with van der Waals surface area (Å²) in [5.41, 5.74) is 5.53. The Kier molecular flexibility index (Phi) is 6.46. The van der Waals surface area contributed by atoms with Gasteiger partial charge in [-0.25, -0.2) is 14.6 Å². The van der Waals surface area contributed by atoms with Crippen LogP contribution in [0.2, 0.25) is 0 Å². The summed E-state index contributed by atoms with van der Waals surface area (Å²) in [6.07, 6.45) is 8.32. The Morgan fingerprint density at radius 1 is 1.20 bits per heavy atom. The van der Waals surface area contributed by atoms with Crippen LogP contribution in [0.1, 0.15) is 40.2 Å². The number of aromatic amines is 1. The summed E-state index contributed by atoms with van der Waals surface area (Å²) in [7, 11) is 0. The molecule has 156 valence electrons. The Balaban J connectivity index is 0.000000275. The van der Waals surface area contributed by atoms with Crippen molar-refractivity contribution in [2.45, 2.75) is 39.2 Å². The number of imidazole rings is 1. The number of ketones is 1. The molecular weight excluding hydrogens is 386 g/mol. The van der Waals surface area contributed by atoms with Gasteiger partial charge in [0.1, 0.15) is 0 Å². The molecule has 0 aliphatic carbocycles. The Morgan fingerprint density at radius 2 is 1.93 bits per heavy atom. The molecular formula is C22H23N3O5. The summed E-state index contributed by atoms with van der Waals surface area (Å²) < 4.78 is 2.25. The predicted octanol–water partition coefficient (Wildman–Crippen LogP) is 3.15. The molecule has 30 heavy (non-hydrogen) atoms. The minimum Gasteiger partial charge on any atom is -0.478 e.